The first kappa shape index (κ1) is 24.5. The van der Waals surface area contributed by atoms with E-state index in [4.69, 9.17) is 0 Å². The fourth-order valence-corrected chi connectivity index (χ4v) is 4.48. The Morgan fingerprint density at radius 2 is 1.64 bits per heavy atom. The third-order valence-corrected chi connectivity index (χ3v) is 6.51. The quantitative estimate of drug-likeness (QED) is 0.453. The number of amides is 2. The van der Waals surface area contributed by atoms with Crippen molar-refractivity contribution in [1.82, 2.24) is 5.32 Å². The van der Waals surface area contributed by atoms with Gasteiger partial charge in [0.05, 0.1) is 29.2 Å². The fourth-order valence-electron chi connectivity index (χ4n) is 3.24. The van der Waals surface area contributed by atoms with Gasteiger partial charge in [0, 0.05) is 4.47 Å². The average Bonchev–Trinajstić information content (AvgIpc) is 2.77. The largest absolute Gasteiger partial charge is 0.345 e. The minimum atomic E-state index is -3.72. The number of halogens is 1. The highest BCUT2D eigenvalue weighted by Crippen LogP contribution is 2.23. The molecule has 0 heterocycles. The molecule has 1 atom stereocenters. The van der Waals surface area contributed by atoms with Gasteiger partial charge in [0.15, 0.2) is 0 Å². The number of para-hydroxylation sites is 1. The molecular formula is C24H24BrN3O4S. The second kappa shape index (κ2) is 10.6. The first-order valence-corrected chi connectivity index (χ1v) is 12.8. The van der Waals surface area contributed by atoms with E-state index >= 15 is 0 Å². The third-order valence-electron chi connectivity index (χ3n) is 4.88. The van der Waals surface area contributed by atoms with Gasteiger partial charge in [-0.3, -0.25) is 13.9 Å². The van der Waals surface area contributed by atoms with E-state index in [-0.39, 0.29) is 17.5 Å². The van der Waals surface area contributed by atoms with Gasteiger partial charge in [-0.05, 0) is 42.8 Å². The minimum absolute atomic E-state index is 0.236. The van der Waals surface area contributed by atoms with E-state index in [0.717, 1.165) is 16.1 Å². The van der Waals surface area contributed by atoms with Gasteiger partial charge in [-0.15, -0.1) is 0 Å². The van der Waals surface area contributed by atoms with Gasteiger partial charge in [-0.2, -0.15) is 0 Å². The molecule has 0 fully saturated rings. The number of carbonyl (C=O) groups is 2. The summed E-state index contributed by atoms with van der Waals surface area (Å²) in [4.78, 5) is 25.7. The Morgan fingerprint density at radius 3 is 2.30 bits per heavy atom. The fraction of sp³-hybridized carbons (Fsp3) is 0.167. The van der Waals surface area contributed by atoms with Crippen LogP contribution in [0.1, 0.15) is 28.9 Å². The summed E-state index contributed by atoms with van der Waals surface area (Å²) >= 11 is 3.31. The number of hydrogen-bond acceptors (Lipinski definition) is 4. The number of benzene rings is 3. The summed E-state index contributed by atoms with van der Waals surface area (Å²) in [7, 11) is -3.72. The summed E-state index contributed by atoms with van der Waals surface area (Å²) in [5.74, 6) is -0.925. The minimum Gasteiger partial charge on any atom is -0.345 e. The van der Waals surface area contributed by atoms with Crippen molar-refractivity contribution in [3.63, 3.8) is 0 Å². The molecule has 0 aliphatic heterocycles. The average molecular weight is 530 g/mol. The molecule has 0 aliphatic carbocycles. The lowest BCUT2D eigenvalue weighted by Gasteiger charge is -2.22. The maximum absolute atomic E-state index is 12.9. The molecule has 3 aromatic carbocycles. The molecule has 0 aromatic heterocycles. The molecule has 2 amide bonds. The molecule has 9 heteroatoms. The van der Waals surface area contributed by atoms with E-state index in [9.17, 15) is 18.0 Å². The van der Waals surface area contributed by atoms with E-state index in [0.29, 0.717) is 15.8 Å². The highest BCUT2D eigenvalue weighted by Gasteiger charge is 2.22. The highest BCUT2D eigenvalue weighted by atomic mass is 79.9. The molecule has 2 N–H and O–H groups in total. The molecule has 7 nitrogen and oxygen atoms in total. The number of hydrogen-bond donors (Lipinski definition) is 2. The van der Waals surface area contributed by atoms with Crippen LogP contribution in [0.3, 0.4) is 0 Å². The molecule has 3 rings (SSSR count). The molecule has 172 valence electrons. The number of nitrogens with zero attached hydrogens (tertiary/aromatic N) is 1. The lowest BCUT2D eigenvalue weighted by atomic mass is 10.1. The van der Waals surface area contributed by atoms with E-state index in [2.05, 4.69) is 26.6 Å². The molecule has 0 bridgehead atoms. The maximum Gasteiger partial charge on any atom is 0.253 e. The van der Waals surface area contributed by atoms with Crippen molar-refractivity contribution in [2.75, 3.05) is 22.4 Å². The summed E-state index contributed by atoms with van der Waals surface area (Å²) in [6, 6.07) is 22.5. The standard InChI is InChI=1S/C24H24BrN3O4S/c1-17(18-9-4-3-5-10-18)26-24(30)21-13-6-7-14-22(21)27-23(29)16-28(33(2,31)32)20-12-8-11-19(25)15-20/h3-15,17H,16H2,1-2H3,(H,26,30)(H,27,29)/t17-/m0/s1. The van der Waals surface area contributed by atoms with Crippen LogP contribution in [0.15, 0.2) is 83.3 Å². The molecule has 0 unspecified atom stereocenters. The Labute approximate surface area is 202 Å². The summed E-state index contributed by atoms with van der Waals surface area (Å²) in [5.41, 5.74) is 1.87. The molecule has 0 radical (unpaired) electrons. The number of sulfonamides is 1. The Kier molecular flexibility index (Phi) is 7.88. The zero-order valence-electron chi connectivity index (χ0n) is 18.2. The molecule has 0 saturated heterocycles. The van der Waals surface area contributed by atoms with Gasteiger partial charge in [-0.1, -0.05) is 64.5 Å². The summed E-state index contributed by atoms with van der Waals surface area (Å²) < 4.78 is 26.3. The van der Waals surface area contributed by atoms with Crippen LogP contribution in [-0.2, 0) is 14.8 Å². The van der Waals surface area contributed by atoms with Crippen LogP contribution in [0.2, 0.25) is 0 Å². The lowest BCUT2D eigenvalue weighted by Crippen LogP contribution is -2.37. The van der Waals surface area contributed by atoms with Crippen LogP contribution in [0.4, 0.5) is 11.4 Å². The third kappa shape index (κ3) is 6.66. The maximum atomic E-state index is 12.9. The van der Waals surface area contributed by atoms with Crippen molar-refractivity contribution in [2.24, 2.45) is 0 Å². The summed E-state index contributed by atoms with van der Waals surface area (Å²) in [6.07, 6.45) is 1.04. The molecule has 33 heavy (non-hydrogen) atoms. The molecule has 3 aromatic rings. The smallest absolute Gasteiger partial charge is 0.253 e. The van der Waals surface area contributed by atoms with Crippen molar-refractivity contribution in [3.05, 3.63) is 94.5 Å². The van der Waals surface area contributed by atoms with Crippen LogP contribution < -0.4 is 14.9 Å². The second-order valence-corrected chi connectivity index (χ2v) is 10.3. The molecule has 0 spiro atoms. The van der Waals surface area contributed by atoms with E-state index < -0.39 is 22.5 Å². The number of carbonyl (C=O) groups excluding carboxylic acids is 2. The predicted molar refractivity (Wildman–Crippen MR) is 134 cm³/mol. The topological polar surface area (TPSA) is 95.6 Å². The van der Waals surface area contributed by atoms with Gasteiger partial charge in [-0.25, -0.2) is 8.42 Å². The summed E-state index contributed by atoms with van der Waals surface area (Å²) in [6.45, 7) is 1.43. The van der Waals surface area contributed by atoms with Crippen LogP contribution in [0, 0.1) is 0 Å². The lowest BCUT2D eigenvalue weighted by molar-refractivity contribution is -0.114. The molecular weight excluding hydrogens is 506 g/mol. The van der Waals surface area contributed by atoms with Crippen LogP contribution >= 0.6 is 15.9 Å². The SMILES string of the molecule is C[C@H](NC(=O)c1ccccc1NC(=O)CN(c1cccc(Br)c1)S(C)(=O)=O)c1ccccc1. The Balaban J connectivity index is 1.77. The van der Waals surface area contributed by atoms with Gasteiger partial charge in [0.1, 0.15) is 6.54 Å². The predicted octanol–water partition coefficient (Wildman–Crippen LogP) is 4.34. The Morgan fingerprint density at radius 1 is 0.970 bits per heavy atom. The van der Waals surface area contributed by atoms with Crippen LogP contribution in [0.5, 0.6) is 0 Å². The van der Waals surface area contributed by atoms with Gasteiger partial charge in [0.25, 0.3) is 5.91 Å². The first-order chi connectivity index (χ1) is 15.6. The number of nitrogens with one attached hydrogen (secondary N) is 2. The van der Waals surface area contributed by atoms with Crippen molar-refractivity contribution in [3.8, 4) is 0 Å². The molecule has 0 saturated carbocycles. The number of rotatable bonds is 8. The van der Waals surface area contributed by atoms with Gasteiger partial charge >= 0.3 is 0 Å². The molecule has 0 aliphatic rings. The van der Waals surface area contributed by atoms with Crippen LogP contribution in [-0.4, -0.2) is 33.0 Å². The first-order valence-electron chi connectivity index (χ1n) is 10.1. The van der Waals surface area contributed by atoms with Gasteiger partial charge < -0.3 is 10.6 Å². The van der Waals surface area contributed by atoms with Crippen molar-refractivity contribution in [1.29, 1.82) is 0 Å². The zero-order chi connectivity index (χ0) is 24.0. The Hall–Kier alpha value is -3.17. The van der Waals surface area contributed by atoms with Crippen molar-refractivity contribution >= 4 is 49.1 Å². The Bertz CT molecular complexity index is 1250. The van der Waals surface area contributed by atoms with E-state index in [1.165, 1.54) is 0 Å². The van der Waals surface area contributed by atoms with Crippen LogP contribution in [0.25, 0.3) is 0 Å². The van der Waals surface area contributed by atoms with Gasteiger partial charge in [0.2, 0.25) is 15.9 Å². The zero-order valence-corrected chi connectivity index (χ0v) is 20.6. The second-order valence-electron chi connectivity index (χ2n) is 7.45. The monoisotopic (exact) mass is 529 g/mol. The van der Waals surface area contributed by atoms with Crippen molar-refractivity contribution < 1.29 is 18.0 Å². The van der Waals surface area contributed by atoms with E-state index in [1.54, 1.807) is 48.5 Å². The number of anilines is 2. The van der Waals surface area contributed by atoms with Crippen molar-refractivity contribution in [2.45, 2.75) is 13.0 Å². The normalized spacial score (nSPS) is 12.0. The summed E-state index contributed by atoms with van der Waals surface area (Å²) in [5, 5.41) is 5.60. The van der Waals surface area contributed by atoms with E-state index in [1.807, 2.05) is 37.3 Å². The highest BCUT2D eigenvalue weighted by molar-refractivity contribution is 9.10.